The molecule has 5 nitrogen and oxygen atoms in total. The third-order valence-electron chi connectivity index (χ3n) is 5.37. The van der Waals surface area contributed by atoms with E-state index in [0.29, 0.717) is 6.04 Å². The summed E-state index contributed by atoms with van der Waals surface area (Å²) in [4.78, 5) is 10.9. The van der Waals surface area contributed by atoms with Crippen LogP contribution in [0.3, 0.4) is 0 Å². The van der Waals surface area contributed by atoms with E-state index < -0.39 is 6.09 Å². The predicted octanol–water partition coefficient (Wildman–Crippen LogP) is 5.76. The van der Waals surface area contributed by atoms with Gasteiger partial charge in [-0.2, -0.15) is 0 Å². The summed E-state index contributed by atoms with van der Waals surface area (Å²) in [5.41, 5.74) is 7.50. The van der Waals surface area contributed by atoms with Crippen LogP contribution in [0.15, 0.2) is 18.2 Å². The summed E-state index contributed by atoms with van der Waals surface area (Å²) in [6.07, 6.45) is 7.73. The number of anilines is 1. The molecule has 0 atom stereocenters. The Balaban J connectivity index is 1.97. The number of benzene rings is 1. The number of unbranched alkanes of at least 4 members (excludes halogenated alkanes) is 3. The lowest BCUT2D eigenvalue weighted by molar-refractivity contribution is 0.0806. The van der Waals surface area contributed by atoms with Crippen LogP contribution in [0.1, 0.15) is 84.6 Å². The molecule has 1 aromatic rings. The summed E-state index contributed by atoms with van der Waals surface area (Å²) < 4.78 is 11.3. The molecule has 0 saturated heterocycles. The van der Waals surface area contributed by atoms with Gasteiger partial charge in [0.1, 0.15) is 11.9 Å². The largest absolute Gasteiger partial charge is 0.493 e. The molecule has 3 N–H and O–H groups in total. The molecular formula is C23H38N2O3. The van der Waals surface area contributed by atoms with Crippen molar-refractivity contribution in [3.63, 3.8) is 0 Å². The van der Waals surface area contributed by atoms with E-state index in [1.54, 1.807) is 0 Å². The maximum atomic E-state index is 10.9. The van der Waals surface area contributed by atoms with Crippen LogP contribution < -0.4 is 15.8 Å². The maximum absolute atomic E-state index is 10.9. The van der Waals surface area contributed by atoms with Gasteiger partial charge < -0.3 is 20.5 Å². The summed E-state index contributed by atoms with van der Waals surface area (Å²) >= 11 is 0. The Morgan fingerprint density at radius 3 is 2.46 bits per heavy atom. The van der Waals surface area contributed by atoms with Crippen molar-refractivity contribution in [3.8, 4) is 5.75 Å². The molecule has 0 spiro atoms. The molecule has 0 aromatic heterocycles. The fraction of sp³-hybridized carbons (Fsp3) is 0.696. The fourth-order valence-corrected chi connectivity index (χ4v) is 3.79. The minimum absolute atomic E-state index is 0.0409. The first kappa shape index (κ1) is 22.4. The zero-order chi connectivity index (χ0) is 20.6. The third-order valence-corrected chi connectivity index (χ3v) is 5.37. The first-order chi connectivity index (χ1) is 13.3. The molecule has 1 aliphatic carbocycles. The van der Waals surface area contributed by atoms with Crippen molar-refractivity contribution in [2.45, 2.75) is 96.6 Å². The van der Waals surface area contributed by atoms with Crippen molar-refractivity contribution < 1.29 is 14.3 Å². The molecule has 28 heavy (non-hydrogen) atoms. The van der Waals surface area contributed by atoms with E-state index in [9.17, 15) is 4.79 Å². The number of ether oxygens (including phenoxy) is 2. The Morgan fingerprint density at radius 2 is 1.86 bits per heavy atom. The second-order valence-corrected chi connectivity index (χ2v) is 8.92. The summed E-state index contributed by atoms with van der Waals surface area (Å²) in [6.45, 7) is 9.65. The lowest BCUT2D eigenvalue weighted by Gasteiger charge is -2.30. The highest BCUT2D eigenvalue weighted by Crippen LogP contribution is 2.34. The van der Waals surface area contributed by atoms with Crippen molar-refractivity contribution in [1.82, 2.24) is 0 Å². The predicted molar refractivity (Wildman–Crippen MR) is 115 cm³/mol. The lowest BCUT2D eigenvalue weighted by atomic mass is 9.86. The molecular weight excluding hydrogens is 352 g/mol. The van der Waals surface area contributed by atoms with E-state index in [1.807, 2.05) is 0 Å². The van der Waals surface area contributed by atoms with Gasteiger partial charge in [0.2, 0.25) is 0 Å². The summed E-state index contributed by atoms with van der Waals surface area (Å²) in [6, 6.07) is 6.86. The standard InChI is InChI=1S/C23H38N2O3/c1-5-6-7-8-15-27-21-16-18(11-14-20(21)23(2,3)4)25-17-9-12-19(13-10-17)28-22(24)26/h11,14,16-17,19,25H,5-10,12-13,15H2,1-4H3,(H2,24,26). The van der Waals surface area contributed by atoms with Gasteiger partial charge in [0.05, 0.1) is 6.61 Å². The van der Waals surface area contributed by atoms with Crippen LogP contribution in [0.4, 0.5) is 10.5 Å². The molecule has 0 unspecified atom stereocenters. The van der Waals surface area contributed by atoms with E-state index in [0.717, 1.165) is 50.1 Å². The van der Waals surface area contributed by atoms with Crippen LogP contribution in [0.2, 0.25) is 0 Å². The minimum Gasteiger partial charge on any atom is -0.493 e. The van der Waals surface area contributed by atoms with Gasteiger partial charge >= 0.3 is 6.09 Å². The number of hydrogen-bond donors (Lipinski definition) is 2. The molecule has 5 heteroatoms. The first-order valence-corrected chi connectivity index (χ1v) is 10.8. The molecule has 1 saturated carbocycles. The summed E-state index contributed by atoms with van der Waals surface area (Å²) in [5, 5.41) is 3.63. The molecule has 158 valence electrons. The van der Waals surface area contributed by atoms with Gasteiger partial charge in [-0.1, -0.05) is 53.0 Å². The lowest BCUT2D eigenvalue weighted by Crippen LogP contribution is -2.32. The van der Waals surface area contributed by atoms with Crippen molar-refractivity contribution in [1.29, 1.82) is 0 Å². The Hall–Kier alpha value is -1.91. The Bertz CT molecular complexity index is 617. The number of carbonyl (C=O) groups excluding carboxylic acids is 1. The second-order valence-electron chi connectivity index (χ2n) is 8.92. The molecule has 1 aromatic carbocycles. The van der Waals surface area contributed by atoms with E-state index in [4.69, 9.17) is 15.2 Å². The molecule has 0 aliphatic heterocycles. The van der Waals surface area contributed by atoms with Crippen molar-refractivity contribution in [2.75, 3.05) is 11.9 Å². The van der Waals surface area contributed by atoms with Gasteiger partial charge in [-0.05, 0) is 49.1 Å². The number of hydrogen-bond acceptors (Lipinski definition) is 4. The first-order valence-electron chi connectivity index (χ1n) is 10.8. The summed E-state index contributed by atoms with van der Waals surface area (Å²) in [7, 11) is 0. The van der Waals surface area contributed by atoms with Gasteiger partial charge in [0, 0.05) is 17.8 Å². The SMILES string of the molecule is CCCCCCOc1cc(NC2CCC(OC(N)=O)CC2)ccc1C(C)(C)C. The van der Waals surface area contributed by atoms with Crippen LogP contribution >= 0.6 is 0 Å². The average Bonchev–Trinajstić information content (AvgIpc) is 2.62. The average molecular weight is 391 g/mol. The topological polar surface area (TPSA) is 73.6 Å². The van der Waals surface area contributed by atoms with Gasteiger partial charge in [-0.25, -0.2) is 4.79 Å². The van der Waals surface area contributed by atoms with Crippen LogP contribution in [0.25, 0.3) is 0 Å². The molecule has 0 heterocycles. The number of carbonyl (C=O) groups is 1. The highest BCUT2D eigenvalue weighted by atomic mass is 16.6. The van der Waals surface area contributed by atoms with Crippen LogP contribution in [0, 0.1) is 0 Å². The highest BCUT2D eigenvalue weighted by Gasteiger charge is 2.24. The Morgan fingerprint density at radius 1 is 1.14 bits per heavy atom. The molecule has 1 fully saturated rings. The quantitative estimate of drug-likeness (QED) is 0.526. The number of nitrogens with one attached hydrogen (secondary N) is 1. The van der Waals surface area contributed by atoms with E-state index in [-0.39, 0.29) is 11.5 Å². The minimum atomic E-state index is -0.671. The summed E-state index contributed by atoms with van der Waals surface area (Å²) in [5.74, 6) is 0.986. The van der Waals surface area contributed by atoms with Crippen molar-refractivity contribution in [2.24, 2.45) is 5.73 Å². The number of primary amides is 1. The van der Waals surface area contributed by atoms with Gasteiger partial charge in [0.25, 0.3) is 0 Å². The maximum Gasteiger partial charge on any atom is 0.404 e. The second kappa shape index (κ2) is 10.6. The number of rotatable bonds is 9. The van der Waals surface area contributed by atoms with Crippen LogP contribution in [0.5, 0.6) is 5.75 Å². The molecule has 0 radical (unpaired) electrons. The van der Waals surface area contributed by atoms with Crippen molar-refractivity contribution in [3.05, 3.63) is 23.8 Å². The van der Waals surface area contributed by atoms with Crippen LogP contribution in [-0.4, -0.2) is 24.8 Å². The van der Waals surface area contributed by atoms with Gasteiger partial charge in [0.15, 0.2) is 0 Å². The van der Waals surface area contributed by atoms with E-state index >= 15 is 0 Å². The van der Waals surface area contributed by atoms with Crippen molar-refractivity contribution >= 4 is 11.8 Å². The smallest absolute Gasteiger partial charge is 0.404 e. The highest BCUT2D eigenvalue weighted by molar-refractivity contribution is 5.64. The van der Waals surface area contributed by atoms with E-state index in [2.05, 4.69) is 51.2 Å². The fourth-order valence-electron chi connectivity index (χ4n) is 3.79. The zero-order valence-electron chi connectivity index (χ0n) is 18.1. The molecule has 1 aliphatic rings. The molecule has 0 bridgehead atoms. The monoisotopic (exact) mass is 390 g/mol. The Kier molecular flexibility index (Phi) is 8.46. The van der Waals surface area contributed by atoms with E-state index in [1.165, 1.54) is 24.8 Å². The van der Waals surface area contributed by atoms with Gasteiger partial charge in [-0.3, -0.25) is 0 Å². The number of amides is 1. The van der Waals surface area contributed by atoms with Crippen LogP contribution in [-0.2, 0) is 10.2 Å². The molecule has 2 rings (SSSR count). The number of nitrogens with two attached hydrogens (primary N) is 1. The van der Waals surface area contributed by atoms with Gasteiger partial charge in [-0.15, -0.1) is 0 Å². The molecule has 1 amide bonds. The zero-order valence-corrected chi connectivity index (χ0v) is 18.1. The normalized spacial score (nSPS) is 19.9. The third kappa shape index (κ3) is 7.25. The Labute approximate surface area is 170 Å².